The van der Waals surface area contributed by atoms with Crippen LogP contribution in [0.1, 0.15) is 48.9 Å². The molecule has 4 aliphatic rings. The molecule has 1 heterocycles. The molecule has 102 valence electrons. The van der Waals surface area contributed by atoms with Gasteiger partial charge in [0.25, 0.3) is 0 Å². The van der Waals surface area contributed by atoms with E-state index in [9.17, 15) is 4.79 Å². The van der Waals surface area contributed by atoms with Crippen LogP contribution in [0.5, 0.6) is 5.88 Å². The van der Waals surface area contributed by atoms with Crippen LogP contribution >= 0.6 is 0 Å². The third-order valence-corrected chi connectivity index (χ3v) is 5.14. The van der Waals surface area contributed by atoms with E-state index in [-0.39, 0.29) is 11.2 Å². The zero-order chi connectivity index (χ0) is 13.0. The highest BCUT2D eigenvalue weighted by atomic mass is 16.5. The van der Waals surface area contributed by atoms with Crippen molar-refractivity contribution in [3.8, 4) is 5.88 Å². The van der Waals surface area contributed by atoms with Crippen molar-refractivity contribution in [1.29, 1.82) is 0 Å². The SMILES string of the molecule is O=C(O)c1cn[nH]c1OC12CC3CC(CC(C3)C1)C2. The summed E-state index contributed by atoms with van der Waals surface area (Å²) in [5.41, 5.74) is 0.0154. The van der Waals surface area contributed by atoms with Crippen LogP contribution in [-0.2, 0) is 0 Å². The Morgan fingerprint density at radius 1 is 1.26 bits per heavy atom. The molecule has 1 aromatic heterocycles. The lowest BCUT2D eigenvalue weighted by molar-refractivity contribution is -0.109. The molecule has 0 unspecified atom stereocenters. The minimum absolute atomic E-state index is 0.133. The first-order valence-electron chi connectivity index (χ1n) is 7.09. The summed E-state index contributed by atoms with van der Waals surface area (Å²) in [4.78, 5) is 11.1. The quantitative estimate of drug-likeness (QED) is 0.877. The van der Waals surface area contributed by atoms with Gasteiger partial charge >= 0.3 is 5.97 Å². The predicted molar refractivity (Wildman–Crippen MR) is 67.1 cm³/mol. The molecule has 19 heavy (non-hydrogen) atoms. The third-order valence-electron chi connectivity index (χ3n) is 5.14. The van der Waals surface area contributed by atoms with E-state index in [4.69, 9.17) is 9.84 Å². The Balaban J connectivity index is 1.62. The summed E-state index contributed by atoms with van der Waals surface area (Å²) in [5, 5.41) is 15.6. The molecular weight excluding hydrogens is 244 g/mol. The van der Waals surface area contributed by atoms with Crippen molar-refractivity contribution in [1.82, 2.24) is 10.2 Å². The Morgan fingerprint density at radius 3 is 2.37 bits per heavy atom. The smallest absolute Gasteiger partial charge is 0.342 e. The lowest BCUT2D eigenvalue weighted by Crippen LogP contribution is -2.53. The third kappa shape index (κ3) is 1.75. The van der Waals surface area contributed by atoms with Crippen molar-refractivity contribution in [2.75, 3.05) is 0 Å². The largest absolute Gasteiger partial charge is 0.477 e. The number of ether oxygens (including phenoxy) is 1. The van der Waals surface area contributed by atoms with Crippen LogP contribution in [-0.4, -0.2) is 26.9 Å². The molecule has 0 aliphatic heterocycles. The fraction of sp³-hybridized carbons (Fsp3) is 0.714. The number of hydrogen-bond donors (Lipinski definition) is 2. The maximum Gasteiger partial charge on any atom is 0.342 e. The van der Waals surface area contributed by atoms with Gasteiger partial charge in [0.05, 0.1) is 6.20 Å². The molecule has 0 atom stereocenters. The molecule has 0 spiro atoms. The van der Waals surface area contributed by atoms with Gasteiger partial charge in [0, 0.05) is 0 Å². The topological polar surface area (TPSA) is 75.2 Å². The molecule has 0 amide bonds. The second-order valence-electron chi connectivity index (χ2n) is 6.62. The number of carboxylic acids is 1. The summed E-state index contributed by atoms with van der Waals surface area (Å²) in [6, 6.07) is 0. The molecule has 4 saturated carbocycles. The van der Waals surface area contributed by atoms with Crippen LogP contribution in [0.15, 0.2) is 6.20 Å². The zero-order valence-corrected chi connectivity index (χ0v) is 10.8. The highest BCUT2D eigenvalue weighted by molar-refractivity contribution is 5.89. The van der Waals surface area contributed by atoms with E-state index >= 15 is 0 Å². The molecule has 1 aromatic rings. The highest BCUT2D eigenvalue weighted by Crippen LogP contribution is 2.57. The van der Waals surface area contributed by atoms with E-state index < -0.39 is 5.97 Å². The second-order valence-corrected chi connectivity index (χ2v) is 6.62. The van der Waals surface area contributed by atoms with Gasteiger partial charge in [-0.1, -0.05) is 0 Å². The monoisotopic (exact) mass is 262 g/mol. The summed E-state index contributed by atoms with van der Waals surface area (Å²) >= 11 is 0. The molecule has 5 nitrogen and oxygen atoms in total. The zero-order valence-electron chi connectivity index (χ0n) is 10.8. The average molecular weight is 262 g/mol. The number of rotatable bonds is 3. The number of nitrogens with zero attached hydrogens (tertiary/aromatic N) is 1. The Morgan fingerprint density at radius 2 is 1.84 bits per heavy atom. The second kappa shape index (κ2) is 3.74. The molecule has 2 N–H and O–H groups in total. The maximum atomic E-state index is 11.1. The number of aromatic carboxylic acids is 1. The van der Waals surface area contributed by atoms with Crippen LogP contribution in [0, 0.1) is 17.8 Å². The van der Waals surface area contributed by atoms with Gasteiger partial charge in [-0.25, -0.2) is 9.89 Å². The minimum Gasteiger partial charge on any atom is -0.477 e. The number of hydrogen-bond acceptors (Lipinski definition) is 3. The standard InChI is InChI=1S/C14H18N2O3/c17-13(18)11-7-15-16-12(11)19-14-4-8-1-9(5-14)3-10(2-8)6-14/h7-10H,1-6H2,(H,15,16)(H,17,18). The van der Waals surface area contributed by atoms with Crippen LogP contribution in [0.2, 0.25) is 0 Å². The summed E-state index contributed by atoms with van der Waals surface area (Å²) < 4.78 is 6.15. The first kappa shape index (κ1) is 11.3. The van der Waals surface area contributed by atoms with Crippen molar-refractivity contribution in [3.63, 3.8) is 0 Å². The van der Waals surface area contributed by atoms with E-state index in [0.717, 1.165) is 37.0 Å². The van der Waals surface area contributed by atoms with E-state index in [1.165, 1.54) is 25.5 Å². The average Bonchev–Trinajstić information content (AvgIpc) is 2.74. The van der Waals surface area contributed by atoms with E-state index in [0.29, 0.717) is 5.88 Å². The van der Waals surface area contributed by atoms with Crippen LogP contribution < -0.4 is 4.74 Å². The van der Waals surface area contributed by atoms with E-state index in [1.54, 1.807) is 0 Å². The number of aromatic amines is 1. The molecule has 4 fully saturated rings. The fourth-order valence-electron chi connectivity index (χ4n) is 4.88. The van der Waals surface area contributed by atoms with Gasteiger partial charge in [-0.05, 0) is 56.3 Å². The Labute approximate surface area is 111 Å². The normalized spacial score (nSPS) is 39.5. The minimum atomic E-state index is -0.978. The van der Waals surface area contributed by atoms with Crippen molar-refractivity contribution >= 4 is 5.97 Å². The van der Waals surface area contributed by atoms with Crippen LogP contribution in [0.4, 0.5) is 0 Å². The molecule has 5 heteroatoms. The van der Waals surface area contributed by atoms with Gasteiger partial charge in [0.2, 0.25) is 5.88 Å². The van der Waals surface area contributed by atoms with Gasteiger partial charge in [-0.15, -0.1) is 0 Å². The van der Waals surface area contributed by atoms with Crippen molar-refractivity contribution in [2.24, 2.45) is 17.8 Å². The van der Waals surface area contributed by atoms with Gasteiger partial charge in [0.15, 0.2) is 0 Å². The van der Waals surface area contributed by atoms with Crippen molar-refractivity contribution in [2.45, 2.75) is 44.1 Å². The summed E-state index contributed by atoms with van der Waals surface area (Å²) in [6.45, 7) is 0. The Bertz CT molecular complexity index is 487. The first-order chi connectivity index (χ1) is 9.13. The van der Waals surface area contributed by atoms with Gasteiger partial charge < -0.3 is 9.84 Å². The molecule has 5 rings (SSSR count). The number of nitrogens with one attached hydrogen (secondary N) is 1. The summed E-state index contributed by atoms with van der Waals surface area (Å²) in [5.74, 6) is 1.70. The summed E-state index contributed by atoms with van der Waals surface area (Å²) in [6.07, 6.45) is 8.61. The molecular formula is C14H18N2O3. The van der Waals surface area contributed by atoms with E-state index in [2.05, 4.69) is 10.2 Å². The van der Waals surface area contributed by atoms with Crippen LogP contribution in [0.25, 0.3) is 0 Å². The Kier molecular flexibility index (Phi) is 2.23. The molecule has 4 bridgehead atoms. The number of aromatic nitrogens is 2. The Hall–Kier alpha value is -1.52. The van der Waals surface area contributed by atoms with Crippen molar-refractivity contribution < 1.29 is 14.6 Å². The van der Waals surface area contributed by atoms with Crippen molar-refractivity contribution in [3.05, 3.63) is 11.8 Å². The summed E-state index contributed by atoms with van der Waals surface area (Å²) in [7, 11) is 0. The van der Waals surface area contributed by atoms with E-state index in [1.807, 2.05) is 0 Å². The lowest BCUT2D eigenvalue weighted by atomic mass is 9.54. The maximum absolute atomic E-state index is 11.1. The predicted octanol–water partition coefficient (Wildman–Crippen LogP) is 2.46. The molecule has 4 aliphatic carbocycles. The van der Waals surface area contributed by atoms with Gasteiger partial charge in [0.1, 0.15) is 11.2 Å². The lowest BCUT2D eigenvalue weighted by Gasteiger charge is -2.55. The van der Waals surface area contributed by atoms with Gasteiger partial charge in [-0.2, -0.15) is 5.10 Å². The molecule has 0 saturated heterocycles. The highest BCUT2D eigenvalue weighted by Gasteiger charge is 2.53. The molecule has 0 radical (unpaired) electrons. The number of carbonyl (C=O) groups is 1. The fourth-order valence-corrected chi connectivity index (χ4v) is 4.88. The molecule has 0 aromatic carbocycles. The first-order valence-corrected chi connectivity index (χ1v) is 7.09. The van der Waals surface area contributed by atoms with Crippen LogP contribution in [0.3, 0.4) is 0 Å². The number of carboxylic acid groups (broad SMARTS) is 1. The number of H-pyrrole nitrogens is 1. The van der Waals surface area contributed by atoms with Gasteiger partial charge in [-0.3, -0.25) is 0 Å².